The van der Waals surface area contributed by atoms with Gasteiger partial charge in [0.15, 0.2) is 0 Å². The number of nitrogens with one attached hydrogen (secondary N) is 1. The number of aryl methyl sites for hydroxylation is 2. The molecule has 0 atom stereocenters. The fourth-order valence-corrected chi connectivity index (χ4v) is 2.90. The van der Waals surface area contributed by atoms with Crippen LogP contribution in [0, 0.1) is 13.8 Å². The molecule has 0 aliphatic rings. The van der Waals surface area contributed by atoms with Crippen molar-refractivity contribution in [2.24, 2.45) is 0 Å². The highest BCUT2D eigenvalue weighted by atomic mass is 32.1. The lowest BCUT2D eigenvalue weighted by Crippen LogP contribution is -2.11. The average molecular weight is 311 g/mol. The molecule has 0 spiro atoms. The largest absolute Gasteiger partial charge is 0.321 e. The summed E-state index contributed by atoms with van der Waals surface area (Å²) in [6.07, 6.45) is 0. The fraction of sp³-hybridized carbons (Fsp3) is 0.176. The maximum atomic E-state index is 12.1. The van der Waals surface area contributed by atoms with Gasteiger partial charge in [0.2, 0.25) is 0 Å². The monoisotopic (exact) mass is 311 g/mol. The normalized spacial score (nSPS) is 10.6. The topological polar surface area (TPSA) is 46.9 Å². The summed E-state index contributed by atoms with van der Waals surface area (Å²) < 4.78 is 1.97. The van der Waals surface area contributed by atoms with Crippen molar-refractivity contribution in [2.45, 2.75) is 20.4 Å². The number of aromatic nitrogens is 2. The number of carbonyl (C=O) groups is 1. The summed E-state index contributed by atoms with van der Waals surface area (Å²) >= 11 is 1.56. The molecule has 0 fully saturated rings. The molecule has 0 radical (unpaired) electrons. The second kappa shape index (κ2) is 6.15. The number of anilines is 1. The van der Waals surface area contributed by atoms with Crippen LogP contribution in [0.25, 0.3) is 0 Å². The summed E-state index contributed by atoms with van der Waals surface area (Å²) in [5.41, 5.74) is 4.77. The minimum absolute atomic E-state index is 0.0870. The third-order valence-electron chi connectivity index (χ3n) is 3.43. The van der Waals surface area contributed by atoms with Crippen molar-refractivity contribution in [2.75, 3.05) is 5.32 Å². The molecule has 1 N–H and O–H groups in total. The summed E-state index contributed by atoms with van der Waals surface area (Å²) in [7, 11) is 0. The van der Waals surface area contributed by atoms with Crippen LogP contribution in [0.5, 0.6) is 0 Å². The molecule has 0 saturated heterocycles. The molecule has 112 valence electrons. The number of hydrogen-bond acceptors (Lipinski definition) is 3. The molecule has 0 aliphatic heterocycles. The van der Waals surface area contributed by atoms with Crippen molar-refractivity contribution in [1.29, 1.82) is 0 Å². The predicted octanol–water partition coefficient (Wildman–Crippen LogP) is 3.86. The number of nitrogens with zero attached hydrogens (tertiary/aromatic N) is 2. The molecule has 4 nitrogen and oxygen atoms in total. The Kier molecular flexibility index (Phi) is 4.06. The Morgan fingerprint density at radius 3 is 2.59 bits per heavy atom. The van der Waals surface area contributed by atoms with Crippen LogP contribution >= 0.6 is 11.3 Å². The van der Waals surface area contributed by atoms with Gasteiger partial charge in [-0.3, -0.25) is 9.48 Å². The van der Waals surface area contributed by atoms with E-state index < -0.39 is 0 Å². The standard InChI is InChI=1S/C17H17N3OS/c1-12-9-13(2)20(19-12)10-14-3-5-15(6-4-14)17(21)18-16-7-8-22-11-16/h3-9,11H,10H2,1-2H3,(H,18,21). The fourth-order valence-electron chi connectivity index (χ4n) is 2.31. The van der Waals surface area contributed by atoms with Gasteiger partial charge in [-0.05, 0) is 49.1 Å². The van der Waals surface area contributed by atoms with Gasteiger partial charge < -0.3 is 5.32 Å². The first-order valence-electron chi connectivity index (χ1n) is 7.05. The molecule has 0 bridgehead atoms. The summed E-state index contributed by atoms with van der Waals surface area (Å²) in [5.74, 6) is -0.0870. The molecule has 2 aromatic heterocycles. The lowest BCUT2D eigenvalue weighted by molar-refractivity contribution is 0.102. The van der Waals surface area contributed by atoms with Crippen molar-refractivity contribution < 1.29 is 4.79 Å². The first kappa shape index (κ1) is 14.5. The van der Waals surface area contributed by atoms with Crippen molar-refractivity contribution in [3.8, 4) is 0 Å². The van der Waals surface area contributed by atoms with Crippen LogP contribution in [0.4, 0.5) is 5.69 Å². The second-order valence-electron chi connectivity index (χ2n) is 5.25. The van der Waals surface area contributed by atoms with E-state index in [9.17, 15) is 4.79 Å². The van der Waals surface area contributed by atoms with Crippen LogP contribution in [0.15, 0.2) is 47.2 Å². The Morgan fingerprint density at radius 1 is 1.23 bits per heavy atom. The molecule has 5 heteroatoms. The van der Waals surface area contributed by atoms with Crippen LogP contribution in [0.1, 0.15) is 27.3 Å². The Hall–Kier alpha value is -2.40. The van der Waals surface area contributed by atoms with Crippen molar-refractivity contribution >= 4 is 22.9 Å². The van der Waals surface area contributed by atoms with E-state index in [-0.39, 0.29) is 5.91 Å². The highest BCUT2D eigenvalue weighted by Gasteiger charge is 2.07. The number of thiophene rings is 1. The lowest BCUT2D eigenvalue weighted by Gasteiger charge is -2.07. The second-order valence-corrected chi connectivity index (χ2v) is 6.03. The molecule has 0 unspecified atom stereocenters. The molecule has 1 amide bonds. The van der Waals surface area contributed by atoms with Crippen LogP contribution in [0.3, 0.4) is 0 Å². The first-order valence-corrected chi connectivity index (χ1v) is 7.99. The Morgan fingerprint density at radius 2 is 2.00 bits per heavy atom. The Bertz CT molecular complexity index is 773. The number of hydrogen-bond donors (Lipinski definition) is 1. The summed E-state index contributed by atoms with van der Waals surface area (Å²) in [6.45, 7) is 4.75. The van der Waals surface area contributed by atoms with E-state index in [1.807, 2.05) is 59.6 Å². The highest BCUT2D eigenvalue weighted by molar-refractivity contribution is 7.08. The van der Waals surface area contributed by atoms with Crippen LogP contribution in [0.2, 0.25) is 0 Å². The van der Waals surface area contributed by atoms with Gasteiger partial charge in [0.1, 0.15) is 0 Å². The highest BCUT2D eigenvalue weighted by Crippen LogP contribution is 2.14. The van der Waals surface area contributed by atoms with E-state index in [1.54, 1.807) is 11.3 Å². The number of amides is 1. The quantitative estimate of drug-likeness (QED) is 0.795. The van der Waals surface area contributed by atoms with Gasteiger partial charge in [-0.15, -0.1) is 0 Å². The van der Waals surface area contributed by atoms with Crippen molar-refractivity contribution in [1.82, 2.24) is 9.78 Å². The Balaban J connectivity index is 1.70. The molecule has 1 aromatic carbocycles. The van der Waals surface area contributed by atoms with Gasteiger partial charge in [0, 0.05) is 16.6 Å². The van der Waals surface area contributed by atoms with Crippen molar-refractivity contribution in [3.63, 3.8) is 0 Å². The number of carbonyl (C=O) groups excluding carboxylic acids is 1. The van der Waals surface area contributed by atoms with E-state index in [0.29, 0.717) is 12.1 Å². The van der Waals surface area contributed by atoms with E-state index in [2.05, 4.69) is 16.5 Å². The van der Waals surface area contributed by atoms with E-state index in [4.69, 9.17) is 0 Å². The van der Waals surface area contributed by atoms with E-state index in [1.165, 1.54) is 0 Å². The molecular weight excluding hydrogens is 294 g/mol. The van der Waals surface area contributed by atoms with Gasteiger partial charge in [-0.2, -0.15) is 16.4 Å². The molecule has 22 heavy (non-hydrogen) atoms. The van der Waals surface area contributed by atoms with Gasteiger partial charge in [0.05, 0.1) is 17.9 Å². The van der Waals surface area contributed by atoms with Crippen LogP contribution < -0.4 is 5.32 Å². The van der Waals surface area contributed by atoms with Crippen LogP contribution in [-0.4, -0.2) is 15.7 Å². The third kappa shape index (κ3) is 3.26. The minimum Gasteiger partial charge on any atom is -0.321 e. The molecule has 0 aliphatic carbocycles. The maximum Gasteiger partial charge on any atom is 0.255 e. The smallest absolute Gasteiger partial charge is 0.255 e. The van der Waals surface area contributed by atoms with Gasteiger partial charge in [-0.25, -0.2) is 0 Å². The molecule has 0 saturated carbocycles. The molecule has 3 aromatic rings. The Labute approximate surface area is 133 Å². The summed E-state index contributed by atoms with van der Waals surface area (Å²) in [6, 6.07) is 11.6. The molecule has 2 heterocycles. The average Bonchev–Trinajstić information content (AvgIpc) is 3.10. The van der Waals surface area contributed by atoms with Crippen LogP contribution in [-0.2, 0) is 6.54 Å². The van der Waals surface area contributed by atoms with Gasteiger partial charge in [-0.1, -0.05) is 12.1 Å². The summed E-state index contributed by atoms with van der Waals surface area (Å²) in [4.78, 5) is 12.1. The maximum absolute atomic E-state index is 12.1. The van der Waals surface area contributed by atoms with E-state index >= 15 is 0 Å². The SMILES string of the molecule is Cc1cc(C)n(Cc2ccc(C(=O)Nc3ccsc3)cc2)n1. The zero-order chi connectivity index (χ0) is 15.5. The zero-order valence-corrected chi connectivity index (χ0v) is 13.4. The molecule has 3 rings (SSSR count). The lowest BCUT2D eigenvalue weighted by atomic mass is 10.1. The third-order valence-corrected chi connectivity index (χ3v) is 4.11. The first-order chi connectivity index (χ1) is 10.6. The van der Waals surface area contributed by atoms with E-state index in [0.717, 1.165) is 22.6 Å². The van der Waals surface area contributed by atoms with Crippen molar-refractivity contribution in [3.05, 3.63) is 69.7 Å². The summed E-state index contributed by atoms with van der Waals surface area (Å²) in [5, 5.41) is 11.2. The van der Waals surface area contributed by atoms with Gasteiger partial charge >= 0.3 is 0 Å². The minimum atomic E-state index is -0.0870. The number of rotatable bonds is 4. The zero-order valence-electron chi connectivity index (χ0n) is 12.5. The molecular formula is C17H17N3OS. The predicted molar refractivity (Wildman–Crippen MR) is 89.5 cm³/mol. The van der Waals surface area contributed by atoms with Gasteiger partial charge in [0.25, 0.3) is 5.91 Å². The number of benzene rings is 1.